The fourth-order valence-electron chi connectivity index (χ4n) is 3.53. The fraction of sp³-hybridized carbons (Fsp3) is 0.409. The number of amides is 1. The summed E-state index contributed by atoms with van der Waals surface area (Å²) in [6, 6.07) is 8.08. The Kier molecular flexibility index (Phi) is 6.00. The molecular formula is C22H28N2O4S. The van der Waals surface area contributed by atoms with Gasteiger partial charge in [-0.2, -0.15) is 4.31 Å². The second kappa shape index (κ2) is 8.16. The first-order valence-electron chi connectivity index (χ1n) is 9.82. The van der Waals surface area contributed by atoms with Crippen LogP contribution >= 0.6 is 0 Å². The molecule has 0 bridgehead atoms. The Balaban J connectivity index is 1.94. The SMILES string of the molecule is Cc1ccc(NC(=O)c2cc(C)c(C)c(S(=O)(=O)N3CCC(C)CC3)c2)c(O)c1. The third kappa shape index (κ3) is 4.46. The minimum atomic E-state index is -3.68. The van der Waals surface area contributed by atoms with Crippen LogP contribution in [0.15, 0.2) is 35.2 Å². The first kappa shape index (κ1) is 21.3. The molecule has 1 saturated heterocycles. The van der Waals surface area contributed by atoms with E-state index in [4.69, 9.17) is 0 Å². The van der Waals surface area contributed by atoms with Gasteiger partial charge in [0.25, 0.3) is 5.91 Å². The molecule has 1 amide bonds. The summed E-state index contributed by atoms with van der Waals surface area (Å²) in [6.07, 6.45) is 1.67. The monoisotopic (exact) mass is 416 g/mol. The van der Waals surface area contributed by atoms with Gasteiger partial charge in [-0.15, -0.1) is 0 Å². The molecule has 2 aromatic carbocycles. The smallest absolute Gasteiger partial charge is 0.255 e. The average molecular weight is 417 g/mol. The van der Waals surface area contributed by atoms with Crippen LogP contribution in [0, 0.1) is 26.7 Å². The molecule has 0 aromatic heterocycles. The van der Waals surface area contributed by atoms with Crippen LogP contribution in [0.25, 0.3) is 0 Å². The molecule has 0 aliphatic carbocycles. The highest BCUT2D eigenvalue weighted by atomic mass is 32.2. The zero-order valence-electron chi connectivity index (χ0n) is 17.3. The Labute approximate surface area is 172 Å². The largest absolute Gasteiger partial charge is 0.506 e. The number of aromatic hydroxyl groups is 1. The number of benzene rings is 2. The molecule has 0 spiro atoms. The van der Waals surface area contributed by atoms with Crippen molar-refractivity contribution in [2.45, 2.75) is 45.4 Å². The molecular weight excluding hydrogens is 388 g/mol. The van der Waals surface area contributed by atoms with Gasteiger partial charge in [-0.3, -0.25) is 4.79 Å². The van der Waals surface area contributed by atoms with E-state index in [9.17, 15) is 18.3 Å². The van der Waals surface area contributed by atoms with E-state index >= 15 is 0 Å². The highest BCUT2D eigenvalue weighted by molar-refractivity contribution is 7.89. The summed E-state index contributed by atoms with van der Waals surface area (Å²) in [5, 5.41) is 12.7. The fourth-order valence-corrected chi connectivity index (χ4v) is 5.33. The number of carbonyl (C=O) groups is 1. The number of piperidine rings is 1. The summed E-state index contributed by atoms with van der Waals surface area (Å²) in [5.74, 6) is 0.0250. The number of phenolic OH excluding ortho intramolecular Hbond substituents is 1. The molecule has 6 nitrogen and oxygen atoms in total. The molecule has 156 valence electrons. The van der Waals surface area contributed by atoms with Gasteiger partial charge in [0.2, 0.25) is 10.0 Å². The molecule has 7 heteroatoms. The summed E-state index contributed by atoms with van der Waals surface area (Å²) in [7, 11) is -3.68. The third-order valence-corrected chi connectivity index (χ3v) is 7.67. The van der Waals surface area contributed by atoms with Crippen molar-refractivity contribution in [1.29, 1.82) is 0 Å². The zero-order valence-corrected chi connectivity index (χ0v) is 18.1. The minimum absolute atomic E-state index is 0.0301. The summed E-state index contributed by atoms with van der Waals surface area (Å²) >= 11 is 0. The highest BCUT2D eigenvalue weighted by Crippen LogP contribution is 2.29. The molecule has 0 atom stereocenters. The Morgan fingerprint density at radius 1 is 1.10 bits per heavy atom. The predicted octanol–water partition coefficient (Wildman–Crippen LogP) is 3.99. The van der Waals surface area contributed by atoms with E-state index in [0.717, 1.165) is 24.0 Å². The maximum atomic E-state index is 13.2. The number of anilines is 1. The molecule has 1 heterocycles. The maximum Gasteiger partial charge on any atom is 0.255 e. The molecule has 2 N–H and O–H groups in total. The van der Waals surface area contributed by atoms with Crippen molar-refractivity contribution in [3.05, 3.63) is 52.6 Å². The van der Waals surface area contributed by atoms with Gasteiger partial charge in [0.05, 0.1) is 10.6 Å². The lowest BCUT2D eigenvalue weighted by molar-refractivity contribution is 0.102. The van der Waals surface area contributed by atoms with E-state index in [-0.39, 0.29) is 21.9 Å². The van der Waals surface area contributed by atoms with Gasteiger partial charge < -0.3 is 10.4 Å². The minimum Gasteiger partial charge on any atom is -0.506 e. The topological polar surface area (TPSA) is 86.7 Å². The zero-order chi connectivity index (χ0) is 21.3. The molecule has 3 rings (SSSR count). The van der Waals surface area contributed by atoms with Crippen LogP contribution < -0.4 is 5.32 Å². The van der Waals surface area contributed by atoms with Gasteiger partial charge in [0, 0.05) is 18.7 Å². The van der Waals surface area contributed by atoms with Crippen LogP contribution in [0.2, 0.25) is 0 Å². The quantitative estimate of drug-likeness (QED) is 0.738. The number of phenols is 1. The lowest BCUT2D eigenvalue weighted by Crippen LogP contribution is -2.38. The van der Waals surface area contributed by atoms with Crippen molar-refractivity contribution < 1.29 is 18.3 Å². The van der Waals surface area contributed by atoms with Crippen molar-refractivity contribution in [3.63, 3.8) is 0 Å². The summed E-state index contributed by atoms with van der Waals surface area (Å²) in [5.41, 5.74) is 2.79. The number of sulfonamides is 1. The van der Waals surface area contributed by atoms with Gasteiger partial charge in [0.15, 0.2) is 0 Å². The number of hydrogen-bond donors (Lipinski definition) is 2. The van der Waals surface area contributed by atoms with Crippen molar-refractivity contribution >= 4 is 21.6 Å². The van der Waals surface area contributed by atoms with E-state index in [1.165, 1.54) is 10.4 Å². The Morgan fingerprint density at radius 3 is 2.38 bits per heavy atom. The molecule has 0 radical (unpaired) electrons. The third-order valence-electron chi connectivity index (χ3n) is 5.64. The number of nitrogens with one attached hydrogen (secondary N) is 1. The first-order chi connectivity index (χ1) is 13.6. The van der Waals surface area contributed by atoms with Gasteiger partial charge in [-0.1, -0.05) is 13.0 Å². The molecule has 2 aromatic rings. The van der Waals surface area contributed by atoms with Crippen LogP contribution in [0.4, 0.5) is 5.69 Å². The molecule has 1 fully saturated rings. The van der Waals surface area contributed by atoms with Gasteiger partial charge >= 0.3 is 0 Å². The van der Waals surface area contributed by atoms with Crippen LogP contribution in [0.3, 0.4) is 0 Å². The van der Waals surface area contributed by atoms with E-state index in [1.54, 1.807) is 38.1 Å². The summed E-state index contributed by atoms with van der Waals surface area (Å²) in [6.45, 7) is 8.53. The van der Waals surface area contributed by atoms with E-state index < -0.39 is 15.9 Å². The lowest BCUT2D eigenvalue weighted by Gasteiger charge is -2.30. The average Bonchev–Trinajstić information content (AvgIpc) is 2.66. The van der Waals surface area contributed by atoms with Crippen LogP contribution in [-0.4, -0.2) is 36.8 Å². The number of nitrogens with zero attached hydrogens (tertiary/aromatic N) is 1. The van der Waals surface area contributed by atoms with Crippen LogP contribution in [-0.2, 0) is 10.0 Å². The first-order valence-corrected chi connectivity index (χ1v) is 11.3. The van der Waals surface area contributed by atoms with E-state index in [2.05, 4.69) is 12.2 Å². The van der Waals surface area contributed by atoms with E-state index in [1.807, 2.05) is 6.92 Å². The van der Waals surface area contributed by atoms with Crippen LogP contribution in [0.5, 0.6) is 5.75 Å². The van der Waals surface area contributed by atoms with Crippen molar-refractivity contribution in [3.8, 4) is 5.75 Å². The maximum absolute atomic E-state index is 13.2. The molecule has 0 saturated carbocycles. The number of rotatable bonds is 4. The highest BCUT2D eigenvalue weighted by Gasteiger charge is 2.30. The summed E-state index contributed by atoms with van der Waals surface area (Å²) in [4.78, 5) is 13.0. The second-order valence-electron chi connectivity index (χ2n) is 7.98. The molecule has 29 heavy (non-hydrogen) atoms. The van der Waals surface area contributed by atoms with Gasteiger partial charge in [-0.25, -0.2) is 8.42 Å². The number of aryl methyl sites for hydroxylation is 2. The van der Waals surface area contributed by atoms with Gasteiger partial charge in [-0.05, 0) is 80.5 Å². The molecule has 1 aliphatic heterocycles. The number of hydrogen-bond acceptors (Lipinski definition) is 4. The number of carbonyl (C=O) groups excluding carboxylic acids is 1. The summed E-state index contributed by atoms with van der Waals surface area (Å²) < 4.78 is 28.0. The van der Waals surface area contributed by atoms with Gasteiger partial charge in [0.1, 0.15) is 5.75 Å². The Morgan fingerprint density at radius 2 is 1.76 bits per heavy atom. The second-order valence-corrected chi connectivity index (χ2v) is 9.88. The molecule has 1 aliphatic rings. The molecule has 0 unspecified atom stereocenters. The standard InChI is InChI=1S/C22H28N2O4S/c1-14-7-9-24(10-8-14)29(27,28)21-13-18(12-16(3)17(21)4)22(26)23-19-6-5-15(2)11-20(19)25/h5-6,11-14,25H,7-10H2,1-4H3,(H,23,26). The van der Waals surface area contributed by atoms with Crippen molar-refractivity contribution in [2.75, 3.05) is 18.4 Å². The Hall–Kier alpha value is -2.38. The van der Waals surface area contributed by atoms with E-state index in [0.29, 0.717) is 24.6 Å². The van der Waals surface area contributed by atoms with Crippen molar-refractivity contribution in [2.24, 2.45) is 5.92 Å². The lowest BCUT2D eigenvalue weighted by atomic mass is 10.0. The Bertz CT molecular complexity index is 1040. The van der Waals surface area contributed by atoms with Crippen LogP contribution in [0.1, 0.15) is 46.8 Å². The van der Waals surface area contributed by atoms with Crippen molar-refractivity contribution in [1.82, 2.24) is 4.31 Å². The normalized spacial score (nSPS) is 16.0. The predicted molar refractivity (Wildman–Crippen MR) is 114 cm³/mol.